The lowest BCUT2D eigenvalue weighted by Gasteiger charge is -2.50. The first-order valence-electron chi connectivity index (χ1n) is 8.34. The average molecular weight is 265 g/mol. The summed E-state index contributed by atoms with van der Waals surface area (Å²) < 4.78 is 0. The molecule has 0 aromatic carbocycles. The standard InChI is InChI=1S/C16H31N3/c1-14-11-15(5-10-18(14)2)19-9-4-7-16(13-19)6-3-8-17-12-16/h14-15,17H,3-13H2,1-2H3. The lowest BCUT2D eigenvalue weighted by Crippen LogP contribution is -2.56. The van der Waals surface area contributed by atoms with Gasteiger partial charge < -0.3 is 10.2 Å². The van der Waals surface area contributed by atoms with Gasteiger partial charge in [-0.3, -0.25) is 4.90 Å². The van der Waals surface area contributed by atoms with Gasteiger partial charge in [0.1, 0.15) is 0 Å². The summed E-state index contributed by atoms with van der Waals surface area (Å²) in [4.78, 5) is 5.37. The van der Waals surface area contributed by atoms with Crippen molar-refractivity contribution in [3.8, 4) is 0 Å². The third kappa shape index (κ3) is 2.98. The topological polar surface area (TPSA) is 18.5 Å². The van der Waals surface area contributed by atoms with Crippen molar-refractivity contribution in [2.24, 2.45) is 5.41 Å². The van der Waals surface area contributed by atoms with Gasteiger partial charge in [0.15, 0.2) is 0 Å². The fraction of sp³-hybridized carbons (Fsp3) is 1.00. The van der Waals surface area contributed by atoms with Gasteiger partial charge in [-0.1, -0.05) is 0 Å². The summed E-state index contributed by atoms with van der Waals surface area (Å²) in [5.41, 5.74) is 0.614. The molecule has 1 N–H and O–H groups in total. The van der Waals surface area contributed by atoms with Crippen LogP contribution in [0.3, 0.4) is 0 Å². The fourth-order valence-electron chi connectivity index (χ4n) is 4.53. The van der Waals surface area contributed by atoms with Crippen LogP contribution in [0.4, 0.5) is 0 Å². The summed E-state index contributed by atoms with van der Waals surface area (Å²) in [6.07, 6.45) is 8.47. The third-order valence-electron chi connectivity index (χ3n) is 5.95. The van der Waals surface area contributed by atoms with Crippen molar-refractivity contribution in [1.29, 1.82) is 0 Å². The summed E-state index contributed by atoms with van der Waals surface area (Å²) in [5, 5.41) is 3.65. The maximum atomic E-state index is 3.65. The molecule has 3 heteroatoms. The van der Waals surface area contributed by atoms with Gasteiger partial charge in [0.05, 0.1) is 0 Å². The van der Waals surface area contributed by atoms with Crippen molar-refractivity contribution in [1.82, 2.24) is 15.1 Å². The molecular formula is C16H31N3. The van der Waals surface area contributed by atoms with Crippen molar-refractivity contribution in [2.75, 3.05) is 39.8 Å². The van der Waals surface area contributed by atoms with E-state index in [1.54, 1.807) is 0 Å². The van der Waals surface area contributed by atoms with Gasteiger partial charge in [0.25, 0.3) is 0 Å². The molecule has 3 aliphatic heterocycles. The van der Waals surface area contributed by atoms with Crippen molar-refractivity contribution in [3.63, 3.8) is 0 Å². The summed E-state index contributed by atoms with van der Waals surface area (Å²) in [6, 6.07) is 1.62. The molecule has 0 saturated carbocycles. The third-order valence-corrected chi connectivity index (χ3v) is 5.95. The van der Waals surface area contributed by atoms with E-state index in [2.05, 4.69) is 29.1 Å². The Labute approximate surface area is 118 Å². The molecule has 110 valence electrons. The second kappa shape index (κ2) is 5.71. The number of hydrogen-bond donors (Lipinski definition) is 1. The summed E-state index contributed by atoms with van der Waals surface area (Å²) in [7, 11) is 2.28. The lowest BCUT2D eigenvalue weighted by atomic mass is 9.73. The molecule has 19 heavy (non-hydrogen) atoms. The predicted molar refractivity (Wildman–Crippen MR) is 80.5 cm³/mol. The van der Waals surface area contributed by atoms with Gasteiger partial charge in [-0.25, -0.2) is 0 Å². The van der Waals surface area contributed by atoms with Crippen LogP contribution >= 0.6 is 0 Å². The van der Waals surface area contributed by atoms with E-state index in [0.29, 0.717) is 5.41 Å². The Morgan fingerprint density at radius 1 is 1.16 bits per heavy atom. The molecule has 0 aliphatic carbocycles. The number of nitrogens with one attached hydrogen (secondary N) is 1. The highest BCUT2D eigenvalue weighted by Gasteiger charge is 2.39. The molecular weight excluding hydrogens is 234 g/mol. The lowest BCUT2D eigenvalue weighted by molar-refractivity contribution is 0.00863. The average Bonchev–Trinajstić information content (AvgIpc) is 2.43. The zero-order valence-corrected chi connectivity index (χ0v) is 12.8. The second-order valence-corrected chi connectivity index (χ2v) is 7.36. The van der Waals surface area contributed by atoms with Crippen molar-refractivity contribution in [2.45, 2.75) is 57.5 Å². The monoisotopic (exact) mass is 265 g/mol. The molecule has 0 aromatic heterocycles. The zero-order valence-electron chi connectivity index (χ0n) is 12.8. The van der Waals surface area contributed by atoms with Crippen LogP contribution in [-0.4, -0.2) is 61.7 Å². The quantitative estimate of drug-likeness (QED) is 0.781. The number of piperidine rings is 3. The first-order chi connectivity index (χ1) is 9.19. The van der Waals surface area contributed by atoms with Crippen molar-refractivity contribution < 1.29 is 0 Å². The zero-order chi connectivity index (χ0) is 13.3. The molecule has 3 fully saturated rings. The van der Waals surface area contributed by atoms with E-state index in [0.717, 1.165) is 12.1 Å². The van der Waals surface area contributed by atoms with E-state index in [1.807, 2.05) is 0 Å². The molecule has 0 radical (unpaired) electrons. The molecule has 0 amide bonds. The van der Waals surface area contributed by atoms with Crippen LogP contribution in [0.1, 0.15) is 45.4 Å². The van der Waals surface area contributed by atoms with Crippen LogP contribution in [0, 0.1) is 5.41 Å². The van der Waals surface area contributed by atoms with E-state index in [1.165, 1.54) is 71.2 Å². The Balaban J connectivity index is 1.61. The molecule has 3 heterocycles. The van der Waals surface area contributed by atoms with Crippen LogP contribution in [0.5, 0.6) is 0 Å². The highest BCUT2D eigenvalue weighted by Crippen LogP contribution is 2.37. The van der Waals surface area contributed by atoms with Gasteiger partial charge in [-0.05, 0) is 77.5 Å². The molecule has 3 atom stereocenters. The predicted octanol–water partition coefficient (Wildman–Crippen LogP) is 1.93. The highest BCUT2D eigenvalue weighted by atomic mass is 15.2. The molecule has 3 nitrogen and oxygen atoms in total. The highest BCUT2D eigenvalue weighted by molar-refractivity contribution is 4.94. The maximum absolute atomic E-state index is 3.65. The molecule has 3 unspecified atom stereocenters. The fourth-order valence-corrected chi connectivity index (χ4v) is 4.53. The Bertz CT molecular complexity index is 293. The van der Waals surface area contributed by atoms with E-state index < -0.39 is 0 Å². The van der Waals surface area contributed by atoms with E-state index in [9.17, 15) is 0 Å². The van der Waals surface area contributed by atoms with Crippen LogP contribution < -0.4 is 5.32 Å². The smallest absolute Gasteiger partial charge is 0.0122 e. The Morgan fingerprint density at radius 2 is 2.00 bits per heavy atom. The van der Waals surface area contributed by atoms with Crippen LogP contribution in [-0.2, 0) is 0 Å². The molecule has 0 bridgehead atoms. The first kappa shape index (κ1) is 13.8. The van der Waals surface area contributed by atoms with Crippen molar-refractivity contribution >= 4 is 0 Å². The minimum absolute atomic E-state index is 0.614. The number of hydrogen-bond acceptors (Lipinski definition) is 3. The van der Waals surface area contributed by atoms with E-state index in [-0.39, 0.29) is 0 Å². The number of nitrogens with zero attached hydrogens (tertiary/aromatic N) is 2. The van der Waals surface area contributed by atoms with E-state index in [4.69, 9.17) is 0 Å². The molecule has 1 spiro atoms. The second-order valence-electron chi connectivity index (χ2n) is 7.36. The molecule has 3 rings (SSSR count). The normalized spacial score (nSPS) is 42.6. The Morgan fingerprint density at radius 3 is 2.74 bits per heavy atom. The van der Waals surface area contributed by atoms with Crippen LogP contribution in [0.2, 0.25) is 0 Å². The summed E-state index contributed by atoms with van der Waals surface area (Å²) in [6.45, 7) is 8.91. The molecule has 0 aromatic rings. The summed E-state index contributed by atoms with van der Waals surface area (Å²) in [5.74, 6) is 0. The van der Waals surface area contributed by atoms with Crippen LogP contribution in [0.25, 0.3) is 0 Å². The van der Waals surface area contributed by atoms with Gasteiger partial charge >= 0.3 is 0 Å². The first-order valence-corrected chi connectivity index (χ1v) is 8.34. The largest absolute Gasteiger partial charge is 0.316 e. The Kier molecular flexibility index (Phi) is 4.16. The van der Waals surface area contributed by atoms with Gasteiger partial charge in [-0.2, -0.15) is 0 Å². The minimum Gasteiger partial charge on any atom is -0.316 e. The van der Waals surface area contributed by atoms with Gasteiger partial charge in [0, 0.05) is 25.2 Å². The SMILES string of the molecule is CC1CC(N2CCCC3(CCCNC3)C2)CCN1C. The Hall–Kier alpha value is -0.120. The summed E-state index contributed by atoms with van der Waals surface area (Å²) >= 11 is 0. The van der Waals surface area contributed by atoms with Gasteiger partial charge in [0.2, 0.25) is 0 Å². The minimum atomic E-state index is 0.614. The van der Waals surface area contributed by atoms with Crippen molar-refractivity contribution in [3.05, 3.63) is 0 Å². The molecule has 3 aliphatic rings. The number of rotatable bonds is 1. The maximum Gasteiger partial charge on any atom is 0.0122 e. The molecule has 3 saturated heterocycles. The van der Waals surface area contributed by atoms with E-state index >= 15 is 0 Å². The number of likely N-dealkylation sites (tertiary alicyclic amines) is 2. The van der Waals surface area contributed by atoms with Crippen LogP contribution in [0.15, 0.2) is 0 Å². The van der Waals surface area contributed by atoms with Gasteiger partial charge in [-0.15, -0.1) is 0 Å².